The van der Waals surface area contributed by atoms with Crippen molar-refractivity contribution in [3.05, 3.63) is 58.3 Å². The normalized spacial score (nSPS) is 10.5. The van der Waals surface area contributed by atoms with E-state index in [4.69, 9.17) is 5.73 Å². The highest BCUT2D eigenvalue weighted by Gasteiger charge is 2.03. The standard InChI is InChI=1S/C13H11BrFNS/c14-10-3-1-9(2-4-10)8-17-13-6-5-11(16)7-12(13)15/h1-7H,8,16H2. The Morgan fingerprint density at radius 2 is 1.82 bits per heavy atom. The number of nitrogens with two attached hydrogens (primary N) is 1. The number of hydrogen-bond acceptors (Lipinski definition) is 2. The second-order valence-corrected chi connectivity index (χ2v) is 5.54. The van der Waals surface area contributed by atoms with Crippen LogP contribution in [0.4, 0.5) is 10.1 Å². The van der Waals surface area contributed by atoms with Gasteiger partial charge < -0.3 is 5.73 Å². The first kappa shape index (κ1) is 12.5. The predicted octanol–water partition coefficient (Wildman–Crippen LogP) is 4.46. The fourth-order valence-corrected chi connectivity index (χ4v) is 2.52. The molecule has 2 rings (SSSR count). The maximum Gasteiger partial charge on any atom is 0.138 e. The largest absolute Gasteiger partial charge is 0.399 e. The van der Waals surface area contributed by atoms with Crippen LogP contribution in [0.5, 0.6) is 0 Å². The van der Waals surface area contributed by atoms with Crippen molar-refractivity contribution < 1.29 is 4.39 Å². The summed E-state index contributed by atoms with van der Waals surface area (Å²) in [6, 6.07) is 12.8. The Bertz CT molecular complexity index is 513. The summed E-state index contributed by atoms with van der Waals surface area (Å²) in [7, 11) is 0. The Hall–Kier alpha value is -1.00. The zero-order valence-electron chi connectivity index (χ0n) is 8.99. The summed E-state index contributed by atoms with van der Waals surface area (Å²) in [5.74, 6) is 0.487. The Balaban J connectivity index is 2.04. The highest BCUT2D eigenvalue weighted by atomic mass is 79.9. The highest BCUT2D eigenvalue weighted by molar-refractivity contribution is 9.10. The Labute approximate surface area is 112 Å². The molecule has 0 saturated heterocycles. The van der Waals surface area contributed by atoms with E-state index in [1.807, 2.05) is 24.3 Å². The molecule has 0 aromatic heterocycles. The van der Waals surface area contributed by atoms with Crippen molar-refractivity contribution in [1.82, 2.24) is 0 Å². The van der Waals surface area contributed by atoms with E-state index in [0.29, 0.717) is 10.6 Å². The van der Waals surface area contributed by atoms with E-state index >= 15 is 0 Å². The molecular weight excluding hydrogens is 301 g/mol. The number of benzene rings is 2. The first-order valence-electron chi connectivity index (χ1n) is 5.07. The number of halogens is 2. The lowest BCUT2D eigenvalue weighted by atomic mass is 10.2. The average molecular weight is 312 g/mol. The summed E-state index contributed by atoms with van der Waals surface area (Å²) in [6.07, 6.45) is 0. The number of hydrogen-bond donors (Lipinski definition) is 1. The molecule has 2 N–H and O–H groups in total. The van der Waals surface area contributed by atoms with Gasteiger partial charge in [0, 0.05) is 20.8 Å². The summed E-state index contributed by atoms with van der Waals surface area (Å²) in [5.41, 5.74) is 7.11. The SMILES string of the molecule is Nc1ccc(SCc2ccc(Br)cc2)c(F)c1. The third kappa shape index (κ3) is 3.48. The van der Waals surface area contributed by atoms with Crippen molar-refractivity contribution in [2.45, 2.75) is 10.6 Å². The third-order valence-corrected chi connectivity index (χ3v) is 3.91. The van der Waals surface area contributed by atoms with E-state index in [1.54, 1.807) is 12.1 Å². The smallest absolute Gasteiger partial charge is 0.138 e. The average Bonchev–Trinajstić information content (AvgIpc) is 2.30. The van der Waals surface area contributed by atoms with Crippen LogP contribution in [0, 0.1) is 5.82 Å². The van der Waals surface area contributed by atoms with Gasteiger partial charge in [-0.05, 0) is 35.9 Å². The molecule has 0 spiro atoms. The Morgan fingerprint density at radius 1 is 1.12 bits per heavy atom. The summed E-state index contributed by atoms with van der Waals surface area (Å²) in [6.45, 7) is 0. The molecule has 0 heterocycles. The maximum absolute atomic E-state index is 13.5. The van der Waals surface area contributed by atoms with Gasteiger partial charge in [-0.15, -0.1) is 11.8 Å². The van der Waals surface area contributed by atoms with Gasteiger partial charge in [-0.3, -0.25) is 0 Å². The molecule has 0 atom stereocenters. The first-order valence-corrected chi connectivity index (χ1v) is 6.85. The van der Waals surface area contributed by atoms with E-state index in [1.165, 1.54) is 17.8 Å². The van der Waals surface area contributed by atoms with Crippen molar-refractivity contribution >= 4 is 33.4 Å². The molecule has 0 aliphatic carbocycles. The van der Waals surface area contributed by atoms with Crippen molar-refractivity contribution in [2.75, 3.05) is 5.73 Å². The van der Waals surface area contributed by atoms with E-state index < -0.39 is 0 Å². The van der Waals surface area contributed by atoms with Crippen LogP contribution in [-0.4, -0.2) is 0 Å². The Morgan fingerprint density at radius 3 is 2.47 bits per heavy atom. The molecule has 2 aromatic rings. The summed E-state index contributed by atoms with van der Waals surface area (Å²) in [5, 5.41) is 0. The lowest BCUT2D eigenvalue weighted by Gasteiger charge is -2.04. The van der Waals surface area contributed by atoms with Gasteiger partial charge >= 0.3 is 0 Å². The molecule has 0 bridgehead atoms. The van der Waals surface area contributed by atoms with Gasteiger partial charge in [0.1, 0.15) is 5.82 Å². The minimum atomic E-state index is -0.257. The van der Waals surface area contributed by atoms with Gasteiger partial charge in [0.25, 0.3) is 0 Å². The quantitative estimate of drug-likeness (QED) is 0.669. The van der Waals surface area contributed by atoms with E-state index in [9.17, 15) is 4.39 Å². The van der Waals surface area contributed by atoms with E-state index in [-0.39, 0.29) is 5.82 Å². The maximum atomic E-state index is 13.5. The van der Waals surface area contributed by atoms with Crippen LogP contribution in [0.25, 0.3) is 0 Å². The van der Waals surface area contributed by atoms with E-state index in [2.05, 4.69) is 15.9 Å². The molecule has 0 aliphatic rings. The molecule has 0 aliphatic heterocycles. The minimum Gasteiger partial charge on any atom is -0.399 e. The highest BCUT2D eigenvalue weighted by Crippen LogP contribution is 2.27. The van der Waals surface area contributed by atoms with Gasteiger partial charge in [-0.2, -0.15) is 0 Å². The van der Waals surface area contributed by atoms with Gasteiger partial charge in [0.15, 0.2) is 0 Å². The molecule has 0 unspecified atom stereocenters. The van der Waals surface area contributed by atoms with Crippen molar-refractivity contribution in [3.8, 4) is 0 Å². The molecule has 1 nitrogen and oxygen atoms in total. The predicted molar refractivity (Wildman–Crippen MR) is 74.5 cm³/mol. The topological polar surface area (TPSA) is 26.0 Å². The second kappa shape index (κ2) is 5.56. The number of anilines is 1. The number of thioether (sulfide) groups is 1. The molecule has 0 saturated carbocycles. The molecular formula is C13H11BrFNS. The lowest BCUT2D eigenvalue weighted by molar-refractivity contribution is 0.603. The molecule has 4 heteroatoms. The number of nitrogen functional groups attached to an aromatic ring is 1. The van der Waals surface area contributed by atoms with E-state index in [0.717, 1.165) is 15.8 Å². The first-order chi connectivity index (χ1) is 8.15. The van der Waals surface area contributed by atoms with Crippen LogP contribution in [0.2, 0.25) is 0 Å². The fraction of sp³-hybridized carbons (Fsp3) is 0.0769. The zero-order chi connectivity index (χ0) is 12.3. The van der Waals surface area contributed by atoms with Crippen LogP contribution < -0.4 is 5.73 Å². The molecule has 0 fully saturated rings. The van der Waals surface area contributed by atoms with Crippen LogP contribution in [-0.2, 0) is 5.75 Å². The number of rotatable bonds is 3. The van der Waals surface area contributed by atoms with Crippen molar-refractivity contribution in [2.24, 2.45) is 0 Å². The van der Waals surface area contributed by atoms with Crippen LogP contribution in [0.15, 0.2) is 51.8 Å². The van der Waals surface area contributed by atoms with Crippen molar-refractivity contribution in [3.63, 3.8) is 0 Å². The Kier molecular flexibility index (Phi) is 4.07. The summed E-state index contributed by atoms with van der Waals surface area (Å²) in [4.78, 5) is 0.627. The van der Waals surface area contributed by atoms with Crippen LogP contribution >= 0.6 is 27.7 Å². The summed E-state index contributed by atoms with van der Waals surface area (Å²) < 4.78 is 14.6. The minimum absolute atomic E-state index is 0.257. The summed E-state index contributed by atoms with van der Waals surface area (Å²) >= 11 is 4.85. The second-order valence-electron chi connectivity index (χ2n) is 3.61. The van der Waals surface area contributed by atoms with Crippen LogP contribution in [0.1, 0.15) is 5.56 Å². The monoisotopic (exact) mass is 311 g/mol. The fourth-order valence-electron chi connectivity index (χ4n) is 1.38. The molecule has 2 aromatic carbocycles. The molecule has 0 radical (unpaired) electrons. The van der Waals surface area contributed by atoms with Gasteiger partial charge in [-0.1, -0.05) is 28.1 Å². The zero-order valence-corrected chi connectivity index (χ0v) is 11.4. The molecule has 17 heavy (non-hydrogen) atoms. The van der Waals surface area contributed by atoms with Crippen LogP contribution in [0.3, 0.4) is 0 Å². The van der Waals surface area contributed by atoms with Gasteiger partial charge in [0.05, 0.1) is 0 Å². The van der Waals surface area contributed by atoms with Crippen molar-refractivity contribution in [1.29, 1.82) is 0 Å². The molecule has 88 valence electrons. The van der Waals surface area contributed by atoms with Gasteiger partial charge in [-0.25, -0.2) is 4.39 Å². The third-order valence-electron chi connectivity index (χ3n) is 2.26. The molecule has 0 amide bonds. The van der Waals surface area contributed by atoms with Gasteiger partial charge in [0.2, 0.25) is 0 Å². The lowest BCUT2D eigenvalue weighted by Crippen LogP contribution is -1.88.